The van der Waals surface area contributed by atoms with Gasteiger partial charge in [-0.1, -0.05) is 19.3 Å². The van der Waals surface area contributed by atoms with E-state index in [1.165, 1.54) is 28.6 Å². The van der Waals surface area contributed by atoms with Crippen LogP contribution in [-0.4, -0.2) is 11.1 Å². The molecule has 2 rings (SSSR count). The van der Waals surface area contributed by atoms with Gasteiger partial charge in [0.2, 0.25) is 0 Å². The van der Waals surface area contributed by atoms with Crippen LogP contribution in [0.25, 0.3) is 0 Å². The number of aryl methyl sites for hydroxylation is 1. The van der Waals surface area contributed by atoms with Gasteiger partial charge in [-0.2, -0.15) is 0 Å². The first-order chi connectivity index (χ1) is 9.01. The maximum Gasteiger partial charge on any atom is 0.303 e. The predicted molar refractivity (Wildman–Crippen MR) is 85.8 cm³/mol. The predicted octanol–water partition coefficient (Wildman–Crippen LogP) is 5.63. The van der Waals surface area contributed by atoms with E-state index in [-0.39, 0.29) is 5.41 Å². The van der Waals surface area contributed by atoms with E-state index in [1.807, 2.05) is 0 Å². The summed E-state index contributed by atoms with van der Waals surface area (Å²) in [5, 5.41) is 9.17. The minimum atomic E-state index is -0.646. The topological polar surface area (TPSA) is 37.3 Å². The number of hydrogen-bond donors (Lipinski definition) is 1. The number of carboxylic acids is 1. The van der Waals surface area contributed by atoms with Crippen LogP contribution in [0.5, 0.6) is 0 Å². The molecule has 0 radical (unpaired) electrons. The molecule has 106 valence electrons. The van der Waals surface area contributed by atoms with E-state index < -0.39 is 5.97 Å². The summed E-state index contributed by atoms with van der Waals surface area (Å²) >= 11 is 8.77. The number of hydrogen-bond acceptors (Lipinski definition) is 2. The zero-order valence-electron chi connectivity index (χ0n) is 10.8. The maximum atomic E-state index is 11.1. The molecule has 0 atom stereocenters. The number of carboxylic acid groups (broad SMARTS) is 1. The van der Waals surface area contributed by atoms with Crippen LogP contribution in [0.4, 0.5) is 0 Å². The summed E-state index contributed by atoms with van der Waals surface area (Å²) in [5.74, 6) is -0.646. The second kappa shape index (κ2) is 6.72. The van der Waals surface area contributed by atoms with E-state index in [1.54, 1.807) is 11.3 Å². The molecular formula is C14H18Br2O2S. The molecule has 1 aromatic rings. The van der Waals surface area contributed by atoms with Crippen LogP contribution >= 0.6 is 43.2 Å². The van der Waals surface area contributed by atoms with Gasteiger partial charge in [0.1, 0.15) is 0 Å². The zero-order valence-corrected chi connectivity index (χ0v) is 14.7. The van der Waals surface area contributed by atoms with Crippen molar-refractivity contribution in [3.8, 4) is 0 Å². The normalized spacial score (nSPS) is 18.4. The van der Waals surface area contributed by atoms with E-state index in [4.69, 9.17) is 0 Å². The van der Waals surface area contributed by atoms with E-state index in [0.717, 1.165) is 29.5 Å². The quantitative estimate of drug-likeness (QED) is 0.683. The van der Waals surface area contributed by atoms with Gasteiger partial charge in [0.05, 0.1) is 14.0 Å². The maximum absolute atomic E-state index is 11.1. The van der Waals surface area contributed by atoms with E-state index in [0.29, 0.717) is 6.42 Å². The highest BCUT2D eigenvalue weighted by molar-refractivity contribution is 9.12. The first-order valence-electron chi connectivity index (χ1n) is 6.66. The van der Waals surface area contributed by atoms with Crippen molar-refractivity contribution < 1.29 is 9.90 Å². The summed E-state index contributed by atoms with van der Waals surface area (Å²) in [6.45, 7) is 0. The van der Waals surface area contributed by atoms with Gasteiger partial charge in [0.15, 0.2) is 0 Å². The SMILES string of the molecule is O=C(O)CC1(CCc2cc(Br)sc2Br)CCCCC1. The molecular weight excluding hydrogens is 392 g/mol. The van der Waals surface area contributed by atoms with Crippen LogP contribution in [0.1, 0.15) is 50.5 Å². The number of rotatable bonds is 5. The van der Waals surface area contributed by atoms with Gasteiger partial charge in [0, 0.05) is 0 Å². The Morgan fingerprint density at radius 2 is 2.00 bits per heavy atom. The fourth-order valence-corrected chi connectivity index (χ4v) is 6.00. The smallest absolute Gasteiger partial charge is 0.303 e. The van der Waals surface area contributed by atoms with Gasteiger partial charge >= 0.3 is 5.97 Å². The number of halogens is 2. The van der Waals surface area contributed by atoms with E-state index >= 15 is 0 Å². The average molecular weight is 410 g/mol. The standard InChI is InChI=1S/C14H18Br2O2S/c15-11-8-10(13(16)19-11)4-7-14(9-12(17)18)5-2-1-3-6-14/h8H,1-7,9H2,(H,17,18). The Morgan fingerprint density at radius 3 is 2.53 bits per heavy atom. The van der Waals surface area contributed by atoms with Gasteiger partial charge in [-0.05, 0) is 74.6 Å². The lowest BCUT2D eigenvalue weighted by Crippen LogP contribution is -2.28. The third-order valence-electron chi connectivity index (χ3n) is 4.09. The molecule has 0 spiro atoms. The van der Waals surface area contributed by atoms with Crippen LogP contribution in [0.3, 0.4) is 0 Å². The first-order valence-corrected chi connectivity index (χ1v) is 9.07. The Labute approximate surface area is 134 Å². The van der Waals surface area contributed by atoms with Crippen molar-refractivity contribution in [1.82, 2.24) is 0 Å². The second-order valence-corrected chi connectivity index (χ2v) is 9.23. The Balaban J connectivity index is 2.03. The van der Waals surface area contributed by atoms with E-state index in [2.05, 4.69) is 37.9 Å². The molecule has 0 bridgehead atoms. The Hall–Kier alpha value is 0.130. The van der Waals surface area contributed by atoms with Crippen LogP contribution in [-0.2, 0) is 11.2 Å². The van der Waals surface area contributed by atoms with Crippen LogP contribution in [0.2, 0.25) is 0 Å². The minimum Gasteiger partial charge on any atom is -0.481 e. The summed E-state index contributed by atoms with van der Waals surface area (Å²) in [4.78, 5) is 11.1. The van der Waals surface area contributed by atoms with E-state index in [9.17, 15) is 9.90 Å². The summed E-state index contributed by atoms with van der Waals surface area (Å²) in [5.41, 5.74) is 1.32. The van der Waals surface area contributed by atoms with Crippen molar-refractivity contribution in [2.24, 2.45) is 5.41 Å². The molecule has 2 nitrogen and oxygen atoms in total. The molecule has 1 saturated carbocycles. The number of carbonyl (C=O) groups is 1. The Kier molecular flexibility index (Phi) is 5.49. The molecule has 0 amide bonds. The van der Waals surface area contributed by atoms with Gasteiger partial charge in [-0.3, -0.25) is 4.79 Å². The molecule has 0 aromatic carbocycles. The highest BCUT2D eigenvalue weighted by Crippen LogP contribution is 2.44. The molecule has 1 aromatic heterocycles. The lowest BCUT2D eigenvalue weighted by atomic mass is 9.69. The lowest BCUT2D eigenvalue weighted by Gasteiger charge is -2.36. The molecule has 1 aliphatic rings. The monoisotopic (exact) mass is 408 g/mol. The molecule has 19 heavy (non-hydrogen) atoms. The van der Waals surface area contributed by atoms with Gasteiger partial charge < -0.3 is 5.11 Å². The summed E-state index contributed by atoms with van der Waals surface area (Å²) in [7, 11) is 0. The highest BCUT2D eigenvalue weighted by Gasteiger charge is 2.34. The van der Waals surface area contributed by atoms with Crippen LogP contribution < -0.4 is 0 Å². The van der Waals surface area contributed by atoms with Crippen LogP contribution in [0, 0.1) is 5.41 Å². The molecule has 1 heterocycles. The summed E-state index contributed by atoms with van der Waals surface area (Å²) in [6, 6.07) is 2.14. The number of thiophene rings is 1. The molecule has 1 aliphatic carbocycles. The van der Waals surface area contributed by atoms with Gasteiger partial charge in [-0.15, -0.1) is 11.3 Å². The van der Waals surface area contributed by atoms with Crippen LogP contribution in [0.15, 0.2) is 13.6 Å². The van der Waals surface area contributed by atoms with Crippen molar-refractivity contribution in [2.75, 3.05) is 0 Å². The van der Waals surface area contributed by atoms with Crippen molar-refractivity contribution >= 4 is 49.2 Å². The van der Waals surface area contributed by atoms with Crippen molar-refractivity contribution in [3.05, 3.63) is 19.2 Å². The second-order valence-electron chi connectivity index (χ2n) is 5.48. The third kappa shape index (κ3) is 4.30. The molecule has 1 N–H and O–H groups in total. The van der Waals surface area contributed by atoms with Gasteiger partial charge in [-0.25, -0.2) is 0 Å². The fourth-order valence-electron chi connectivity index (χ4n) is 3.08. The molecule has 1 fully saturated rings. The first kappa shape index (κ1) is 15.5. The molecule has 5 heteroatoms. The Morgan fingerprint density at radius 1 is 1.32 bits per heavy atom. The summed E-state index contributed by atoms with van der Waals surface area (Å²) < 4.78 is 2.30. The van der Waals surface area contributed by atoms with Gasteiger partial charge in [0.25, 0.3) is 0 Å². The lowest BCUT2D eigenvalue weighted by molar-refractivity contribution is -0.140. The average Bonchev–Trinajstić information content (AvgIpc) is 2.66. The molecule has 0 unspecified atom stereocenters. The van der Waals surface area contributed by atoms with Crippen molar-refractivity contribution in [3.63, 3.8) is 0 Å². The summed E-state index contributed by atoms with van der Waals surface area (Å²) in [6.07, 6.45) is 8.05. The fraction of sp³-hybridized carbons (Fsp3) is 0.643. The largest absolute Gasteiger partial charge is 0.481 e. The van der Waals surface area contributed by atoms with Crippen molar-refractivity contribution in [2.45, 2.75) is 51.4 Å². The molecule has 0 saturated heterocycles. The van der Waals surface area contributed by atoms with Crippen molar-refractivity contribution in [1.29, 1.82) is 0 Å². The minimum absolute atomic E-state index is 0.0257. The zero-order chi connectivity index (χ0) is 13.9. The highest BCUT2D eigenvalue weighted by atomic mass is 79.9. The Bertz CT molecular complexity index is 450. The molecule has 0 aliphatic heterocycles. The number of aliphatic carboxylic acids is 1. The third-order valence-corrected chi connectivity index (χ3v) is 6.56.